The summed E-state index contributed by atoms with van der Waals surface area (Å²) in [6, 6.07) is 6.45. The summed E-state index contributed by atoms with van der Waals surface area (Å²) in [7, 11) is 0. The molecule has 0 bridgehead atoms. The maximum atomic E-state index is 11.8. The Labute approximate surface area is 124 Å². The third kappa shape index (κ3) is 6.03. The highest BCUT2D eigenvalue weighted by Gasteiger charge is 2.09. The van der Waals surface area contributed by atoms with E-state index in [0.29, 0.717) is 17.7 Å². The number of esters is 1. The van der Waals surface area contributed by atoms with Gasteiger partial charge in [0, 0.05) is 23.7 Å². The zero-order valence-electron chi connectivity index (χ0n) is 12.4. The van der Waals surface area contributed by atoms with E-state index in [1.165, 1.54) is 6.08 Å². The normalized spacial score (nSPS) is 9.67. The number of anilines is 1. The smallest absolute Gasteiger partial charge is 0.331 e. The molecule has 5 nitrogen and oxygen atoms in total. The number of Topliss-reactive ketones (excluding diaryl/α,β-unsaturated/α-hetero) is 1. The first-order valence-corrected chi connectivity index (χ1v) is 6.67. The first-order valence-electron chi connectivity index (χ1n) is 6.67. The zero-order chi connectivity index (χ0) is 15.8. The van der Waals surface area contributed by atoms with Crippen molar-refractivity contribution in [3.05, 3.63) is 41.5 Å². The molecule has 0 aliphatic rings. The van der Waals surface area contributed by atoms with E-state index in [1.807, 2.05) is 0 Å². The first-order chi connectivity index (χ1) is 9.92. The van der Waals surface area contributed by atoms with E-state index in [0.717, 1.165) is 5.57 Å². The lowest BCUT2D eigenvalue weighted by atomic mass is 10.1. The molecule has 1 aromatic rings. The lowest BCUT2D eigenvalue weighted by Gasteiger charge is -2.05. The SMILES string of the molecule is CCC(=O)Nc1ccc(C(=O)COC(=O)C=C(C)C)cc1. The third-order valence-corrected chi connectivity index (χ3v) is 2.56. The molecule has 0 aliphatic carbocycles. The van der Waals surface area contributed by atoms with E-state index in [9.17, 15) is 14.4 Å². The number of carbonyl (C=O) groups is 3. The fourth-order valence-electron chi connectivity index (χ4n) is 1.49. The quantitative estimate of drug-likeness (QED) is 0.496. The molecule has 1 N–H and O–H groups in total. The third-order valence-electron chi connectivity index (χ3n) is 2.56. The molecule has 0 spiro atoms. The van der Waals surface area contributed by atoms with E-state index in [-0.39, 0.29) is 18.3 Å². The van der Waals surface area contributed by atoms with Crippen molar-refractivity contribution in [2.24, 2.45) is 0 Å². The number of carbonyl (C=O) groups excluding carboxylic acids is 3. The van der Waals surface area contributed by atoms with Crippen LogP contribution in [0.25, 0.3) is 0 Å². The molecular formula is C16H19NO4. The minimum atomic E-state index is -0.532. The molecule has 0 heterocycles. The van der Waals surface area contributed by atoms with Crippen LogP contribution in [0.5, 0.6) is 0 Å². The highest BCUT2D eigenvalue weighted by Crippen LogP contribution is 2.10. The van der Waals surface area contributed by atoms with Gasteiger partial charge in [-0.05, 0) is 38.1 Å². The van der Waals surface area contributed by atoms with Gasteiger partial charge in [-0.3, -0.25) is 9.59 Å². The maximum Gasteiger partial charge on any atom is 0.331 e. The average molecular weight is 289 g/mol. The lowest BCUT2D eigenvalue weighted by Crippen LogP contribution is -2.13. The molecule has 21 heavy (non-hydrogen) atoms. The van der Waals surface area contributed by atoms with Gasteiger partial charge in [-0.2, -0.15) is 0 Å². The lowest BCUT2D eigenvalue weighted by molar-refractivity contribution is -0.136. The summed E-state index contributed by atoms with van der Waals surface area (Å²) >= 11 is 0. The minimum absolute atomic E-state index is 0.0928. The summed E-state index contributed by atoms with van der Waals surface area (Å²) in [5, 5.41) is 2.69. The minimum Gasteiger partial charge on any atom is -0.454 e. The van der Waals surface area contributed by atoms with Crippen molar-refractivity contribution >= 4 is 23.3 Å². The van der Waals surface area contributed by atoms with E-state index in [2.05, 4.69) is 5.32 Å². The summed E-state index contributed by atoms with van der Waals surface area (Å²) < 4.78 is 4.85. The zero-order valence-corrected chi connectivity index (χ0v) is 12.4. The van der Waals surface area contributed by atoms with Gasteiger partial charge in [-0.15, -0.1) is 0 Å². The van der Waals surface area contributed by atoms with E-state index in [1.54, 1.807) is 45.0 Å². The standard InChI is InChI=1S/C16H19NO4/c1-4-15(19)17-13-7-5-12(6-8-13)14(18)10-21-16(20)9-11(2)3/h5-9H,4,10H2,1-3H3,(H,17,19). The number of nitrogens with one attached hydrogen (secondary N) is 1. The number of amides is 1. The highest BCUT2D eigenvalue weighted by molar-refractivity contribution is 5.99. The summed E-state index contributed by atoms with van der Waals surface area (Å²) in [6.45, 7) is 5.00. The number of benzene rings is 1. The van der Waals surface area contributed by atoms with Crippen molar-refractivity contribution in [1.82, 2.24) is 0 Å². The monoisotopic (exact) mass is 289 g/mol. The Hall–Kier alpha value is -2.43. The van der Waals surface area contributed by atoms with Gasteiger partial charge >= 0.3 is 5.97 Å². The van der Waals surface area contributed by atoms with Crippen LogP contribution in [0, 0.1) is 0 Å². The van der Waals surface area contributed by atoms with Crippen molar-refractivity contribution in [2.45, 2.75) is 27.2 Å². The van der Waals surface area contributed by atoms with Crippen LogP contribution in [-0.2, 0) is 14.3 Å². The van der Waals surface area contributed by atoms with Gasteiger partial charge in [-0.1, -0.05) is 12.5 Å². The predicted molar refractivity (Wildman–Crippen MR) is 80.1 cm³/mol. The van der Waals surface area contributed by atoms with Crippen LogP contribution in [0.1, 0.15) is 37.6 Å². The van der Waals surface area contributed by atoms with Gasteiger partial charge in [0.25, 0.3) is 0 Å². The van der Waals surface area contributed by atoms with Crippen LogP contribution >= 0.6 is 0 Å². The molecule has 1 amide bonds. The second kappa shape index (κ2) is 7.99. The Kier molecular flexibility index (Phi) is 6.33. The topological polar surface area (TPSA) is 72.5 Å². The van der Waals surface area contributed by atoms with Crippen LogP contribution in [0.15, 0.2) is 35.9 Å². The van der Waals surface area contributed by atoms with Crippen molar-refractivity contribution in [3.8, 4) is 0 Å². The van der Waals surface area contributed by atoms with E-state index >= 15 is 0 Å². The van der Waals surface area contributed by atoms with Gasteiger partial charge in [-0.25, -0.2) is 4.79 Å². The Balaban J connectivity index is 2.57. The Bertz CT molecular complexity index is 554. The van der Waals surface area contributed by atoms with Crippen LogP contribution in [-0.4, -0.2) is 24.3 Å². The van der Waals surface area contributed by atoms with Crippen molar-refractivity contribution in [3.63, 3.8) is 0 Å². The Morgan fingerprint density at radius 2 is 1.76 bits per heavy atom. The van der Waals surface area contributed by atoms with Crippen molar-refractivity contribution in [2.75, 3.05) is 11.9 Å². The van der Waals surface area contributed by atoms with Crippen LogP contribution in [0.4, 0.5) is 5.69 Å². The first kappa shape index (κ1) is 16.6. The predicted octanol–water partition coefficient (Wildman–Crippen LogP) is 2.73. The fraction of sp³-hybridized carbons (Fsp3) is 0.312. The average Bonchev–Trinajstić information content (AvgIpc) is 2.44. The molecule has 0 unspecified atom stereocenters. The highest BCUT2D eigenvalue weighted by atomic mass is 16.5. The summed E-state index contributed by atoms with van der Waals surface area (Å²) in [4.78, 5) is 34.4. The van der Waals surface area contributed by atoms with Gasteiger partial charge in [0.15, 0.2) is 12.4 Å². The molecule has 0 radical (unpaired) electrons. The summed E-state index contributed by atoms with van der Waals surface area (Å²) in [5.41, 5.74) is 1.86. The van der Waals surface area contributed by atoms with Crippen LogP contribution in [0.3, 0.4) is 0 Å². The summed E-state index contributed by atoms with van der Waals surface area (Å²) in [6.07, 6.45) is 1.72. The van der Waals surface area contributed by atoms with Crippen molar-refractivity contribution in [1.29, 1.82) is 0 Å². The van der Waals surface area contributed by atoms with Crippen molar-refractivity contribution < 1.29 is 19.1 Å². The molecule has 0 saturated carbocycles. The van der Waals surface area contributed by atoms with Crippen LogP contribution in [0.2, 0.25) is 0 Å². The maximum absolute atomic E-state index is 11.8. The second-order valence-corrected chi connectivity index (χ2v) is 4.73. The van der Waals surface area contributed by atoms with Gasteiger partial charge in [0.2, 0.25) is 5.91 Å². The second-order valence-electron chi connectivity index (χ2n) is 4.73. The molecule has 0 aromatic heterocycles. The summed E-state index contributed by atoms with van der Waals surface area (Å²) in [5.74, 6) is -0.918. The van der Waals surface area contributed by atoms with E-state index < -0.39 is 5.97 Å². The number of allylic oxidation sites excluding steroid dienone is 1. The van der Waals surface area contributed by atoms with E-state index in [4.69, 9.17) is 4.74 Å². The molecule has 112 valence electrons. The molecule has 0 fully saturated rings. The Morgan fingerprint density at radius 3 is 2.29 bits per heavy atom. The number of hydrogen-bond acceptors (Lipinski definition) is 4. The number of ketones is 1. The molecule has 1 rings (SSSR count). The largest absolute Gasteiger partial charge is 0.454 e. The number of rotatable bonds is 6. The van der Waals surface area contributed by atoms with Gasteiger partial charge in [0.1, 0.15) is 0 Å². The number of ether oxygens (including phenoxy) is 1. The molecule has 0 saturated heterocycles. The molecule has 0 atom stereocenters. The molecule has 1 aromatic carbocycles. The van der Waals surface area contributed by atoms with Gasteiger partial charge in [0.05, 0.1) is 0 Å². The Morgan fingerprint density at radius 1 is 1.14 bits per heavy atom. The van der Waals surface area contributed by atoms with Crippen LogP contribution < -0.4 is 5.32 Å². The molecule has 5 heteroatoms. The molecule has 0 aliphatic heterocycles. The van der Waals surface area contributed by atoms with Gasteiger partial charge < -0.3 is 10.1 Å². The molecular weight excluding hydrogens is 270 g/mol. The fourth-order valence-corrected chi connectivity index (χ4v) is 1.49. The number of hydrogen-bond donors (Lipinski definition) is 1.